The fraction of sp³-hybridized carbons (Fsp3) is 0.192. The smallest absolute Gasteiger partial charge is 0.239 e. The molecule has 0 saturated carbocycles. The van der Waals surface area contributed by atoms with Gasteiger partial charge in [-0.1, -0.05) is 64.5 Å². The molecule has 3 amide bonds. The first kappa shape index (κ1) is 19.4. The van der Waals surface area contributed by atoms with Crippen LogP contribution < -0.4 is 10.2 Å². The lowest BCUT2D eigenvalue weighted by Gasteiger charge is -2.51. The van der Waals surface area contributed by atoms with Crippen molar-refractivity contribution >= 4 is 45.0 Å². The predicted molar refractivity (Wildman–Crippen MR) is 125 cm³/mol. The summed E-state index contributed by atoms with van der Waals surface area (Å²) in [6.45, 7) is 1.44. The van der Waals surface area contributed by atoms with Crippen molar-refractivity contribution in [1.82, 2.24) is 0 Å². The molecule has 3 aliphatic carbocycles. The Balaban J connectivity index is 1.50. The van der Waals surface area contributed by atoms with Gasteiger partial charge in [-0.15, -0.1) is 0 Å². The first-order chi connectivity index (χ1) is 15.4. The van der Waals surface area contributed by atoms with Gasteiger partial charge in [0.25, 0.3) is 0 Å². The van der Waals surface area contributed by atoms with Gasteiger partial charge >= 0.3 is 0 Å². The van der Waals surface area contributed by atoms with Crippen molar-refractivity contribution in [3.63, 3.8) is 0 Å². The van der Waals surface area contributed by atoms with Crippen molar-refractivity contribution < 1.29 is 14.4 Å². The number of hydrogen-bond acceptors (Lipinski definition) is 3. The molecule has 0 aromatic heterocycles. The summed E-state index contributed by atoms with van der Waals surface area (Å²) < 4.78 is -0.753. The molecule has 0 radical (unpaired) electrons. The number of imide groups is 1. The number of halogens is 1. The van der Waals surface area contributed by atoms with Crippen LogP contribution in [0.4, 0.5) is 11.4 Å². The molecule has 6 heteroatoms. The number of nitrogens with one attached hydrogen (secondary N) is 1. The highest BCUT2D eigenvalue weighted by molar-refractivity contribution is 9.09. The zero-order valence-electron chi connectivity index (χ0n) is 17.2. The summed E-state index contributed by atoms with van der Waals surface area (Å²) >= 11 is 4.00. The molecule has 4 aliphatic rings. The molecule has 1 fully saturated rings. The van der Waals surface area contributed by atoms with Gasteiger partial charge in [-0.3, -0.25) is 14.4 Å². The van der Waals surface area contributed by atoms with Crippen LogP contribution in [0, 0.1) is 11.8 Å². The molecule has 3 aromatic carbocycles. The van der Waals surface area contributed by atoms with E-state index in [0.717, 1.165) is 22.3 Å². The van der Waals surface area contributed by atoms with Gasteiger partial charge in [0.1, 0.15) is 0 Å². The maximum Gasteiger partial charge on any atom is 0.239 e. The predicted octanol–water partition coefficient (Wildman–Crippen LogP) is 4.55. The Morgan fingerprint density at radius 3 is 2.00 bits per heavy atom. The largest absolute Gasteiger partial charge is 0.326 e. The third kappa shape index (κ3) is 2.36. The maximum absolute atomic E-state index is 13.8. The number of hydrogen-bond donors (Lipinski definition) is 1. The summed E-state index contributed by atoms with van der Waals surface area (Å²) in [5.74, 6) is -1.71. The highest BCUT2D eigenvalue weighted by Crippen LogP contribution is 2.66. The quantitative estimate of drug-likeness (QED) is 0.426. The SMILES string of the molecule is CC(=O)Nc1ccc(N2C(=O)[C@@H]3C4c5ccccc5C(Br)(c5ccccc54)[C@H]3C2=O)cc1. The molecule has 0 spiro atoms. The number of amides is 3. The monoisotopic (exact) mass is 486 g/mol. The van der Waals surface area contributed by atoms with Crippen molar-refractivity contribution in [3.8, 4) is 0 Å². The van der Waals surface area contributed by atoms with E-state index in [1.807, 2.05) is 24.3 Å². The number of carbonyl (C=O) groups is 3. The molecule has 7 rings (SSSR count). The molecule has 158 valence electrons. The van der Waals surface area contributed by atoms with E-state index in [4.69, 9.17) is 0 Å². The first-order valence-corrected chi connectivity index (χ1v) is 11.4. The minimum absolute atomic E-state index is 0.160. The van der Waals surface area contributed by atoms with Gasteiger partial charge in [0.15, 0.2) is 0 Å². The fourth-order valence-corrected chi connectivity index (χ4v) is 7.03. The number of anilines is 2. The average Bonchev–Trinajstić information content (AvgIpc) is 3.06. The van der Waals surface area contributed by atoms with Crippen LogP contribution in [-0.4, -0.2) is 17.7 Å². The second kappa shape index (κ2) is 6.62. The average molecular weight is 487 g/mol. The number of rotatable bonds is 2. The minimum Gasteiger partial charge on any atom is -0.326 e. The summed E-state index contributed by atoms with van der Waals surface area (Å²) in [5.41, 5.74) is 5.48. The first-order valence-electron chi connectivity index (χ1n) is 10.6. The van der Waals surface area contributed by atoms with E-state index in [-0.39, 0.29) is 23.6 Å². The van der Waals surface area contributed by atoms with Crippen LogP contribution >= 0.6 is 15.9 Å². The fourth-order valence-electron chi connectivity index (χ4n) is 5.83. The zero-order valence-corrected chi connectivity index (χ0v) is 18.8. The number of nitrogens with zero attached hydrogens (tertiary/aromatic N) is 1. The van der Waals surface area contributed by atoms with Crippen LogP contribution in [0.1, 0.15) is 35.1 Å². The van der Waals surface area contributed by atoms with Crippen LogP contribution in [0.2, 0.25) is 0 Å². The van der Waals surface area contributed by atoms with Crippen molar-refractivity contribution in [2.45, 2.75) is 17.2 Å². The van der Waals surface area contributed by atoms with Gasteiger partial charge in [-0.2, -0.15) is 0 Å². The van der Waals surface area contributed by atoms with E-state index in [1.54, 1.807) is 24.3 Å². The molecule has 0 unspecified atom stereocenters. The highest BCUT2D eigenvalue weighted by Gasteiger charge is 2.67. The summed E-state index contributed by atoms with van der Waals surface area (Å²) in [6, 6.07) is 23.1. The molecule has 1 aliphatic heterocycles. The van der Waals surface area contributed by atoms with E-state index < -0.39 is 16.2 Å². The normalized spacial score (nSPS) is 27.1. The van der Waals surface area contributed by atoms with E-state index in [0.29, 0.717) is 11.4 Å². The molecule has 3 aromatic rings. The van der Waals surface area contributed by atoms with Gasteiger partial charge in [0, 0.05) is 18.5 Å². The second-order valence-corrected chi connectivity index (χ2v) is 9.86. The Bertz CT molecular complexity index is 1270. The molecular weight excluding hydrogens is 468 g/mol. The van der Waals surface area contributed by atoms with Gasteiger partial charge < -0.3 is 5.32 Å². The summed E-state index contributed by atoms with van der Waals surface area (Å²) in [7, 11) is 0. The lowest BCUT2D eigenvalue weighted by Crippen LogP contribution is -2.50. The molecule has 1 saturated heterocycles. The van der Waals surface area contributed by atoms with Gasteiger partial charge in [-0.25, -0.2) is 4.90 Å². The Morgan fingerprint density at radius 1 is 0.875 bits per heavy atom. The minimum atomic E-state index is -0.753. The van der Waals surface area contributed by atoms with Crippen LogP contribution in [0.15, 0.2) is 72.8 Å². The Kier molecular flexibility index (Phi) is 4.02. The van der Waals surface area contributed by atoms with Crippen LogP contribution in [0.5, 0.6) is 0 Å². The van der Waals surface area contributed by atoms with Gasteiger partial charge in [-0.05, 0) is 46.5 Å². The molecule has 1 N–H and O–H groups in total. The Labute approximate surface area is 193 Å². The Hall–Kier alpha value is -3.25. The molecular formula is C26H19BrN2O3. The summed E-state index contributed by atoms with van der Waals surface area (Å²) in [4.78, 5) is 40.3. The molecule has 1 heterocycles. The van der Waals surface area contributed by atoms with E-state index in [9.17, 15) is 14.4 Å². The summed E-state index contributed by atoms with van der Waals surface area (Å²) in [6.07, 6.45) is 0. The molecule has 5 nitrogen and oxygen atoms in total. The third-order valence-corrected chi connectivity index (χ3v) is 8.31. The third-order valence-electron chi connectivity index (χ3n) is 6.96. The standard InChI is InChI=1S/C26H19BrN2O3/c1-14(30)28-15-10-12-16(13-11-15)29-24(31)22-21-17-6-2-4-8-19(17)26(27,23(22)25(29)32)20-9-5-3-7-18(20)21/h2-13,21-23H,1H3,(H,28,30)/t21?,22-,23-,26?/m1/s1. The second-order valence-electron chi connectivity index (χ2n) is 8.61. The number of benzene rings is 3. The molecule has 2 atom stereocenters. The van der Waals surface area contributed by atoms with E-state index in [1.165, 1.54) is 11.8 Å². The van der Waals surface area contributed by atoms with Crippen molar-refractivity contribution in [3.05, 3.63) is 95.1 Å². The van der Waals surface area contributed by atoms with E-state index in [2.05, 4.69) is 45.5 Å². The zero-order chi connectivity index (χ0) is 22.2. The van der Waals surface area contributed by atoms with Gasteiger partial charge in [0.05, 0.1) is 21.8 Å². The number of alkyl halides is 1. The number of carbonyl (C=O) groups excluding carboxylic acids is 3. The Morgan fingerprint density at radius 2 is 1.44 bits per heavy atom. The van der Waals surface area contributed by atoms with Gasteiger partial charge in [0.2, 0.25) is 17.7 Å². The maximum atomic E-state index is 13.8. The summed E-state index contributed by atoms with van der Waals surface area (Å²) in [5, 5.41) is 2.71. The highest BCUT2D eigenvalue weighted by atomic mass is 79.9. The molecule has 2 bridgehead atoms. The van der Waals surface area contributed by atoms with Crippen LogP contribution in [-0.2, 0) is 18.7 Å². The van der Waals surface area contributed by atoms with Crippen LogP contribution in [0.3, 0.4) is 0 Å². The lowest BCUT2D eigenvalue weighted by atomic mass is 9.55. The van der Waals surface area contributed by atoms with E-state index >= 15 is 0 Å². The van der Waals surface area contributed by atoms with Crippen molar-refractivity contribution in [2.75, 3.05) is 10.2 Å². The lowest BCUT2D eigenvalue weighted by molar-refractivity contribution is -0.122. The van der Waals surface area contributed by atoms with Crippen molar-refractivity contribution in [1.29, 1.82) is 0 Å². The molecule has 32 heavy (non-hydrogen) atoms. The van der Waals surface area contributed by atoms with Crippen molar-refractivity contribution in [2.24, 2.45) is 11.8 Å². The van der Waals surface area contributed by atoms with Crippen LogP contribution in [0.25, 0.3) is 0 Å². The topological polar surface area (TPSA) is 66.5 Å².